The minimum atomic E-state index is -0.260. The van der Waals surface area contributed by atoms with Gasteiger partial charge in [0.15, 0.2) is 5.65 Å². The molecule has 3 aromatic heterocycles. The number of aromatic nitrogens is 4. The van der Waals surface area contributed by atoms with Crippen LogP contribution >= 0.6 is 11.3 Å². The average molecular weight is 433 g/mol. The van der Waals surface area contributed by atoms with Crippen molar-refractivity contribution in [2.45, 2.75) is 26.3 Å². The number of rotatable bonds is 6. The zero-order chi connectivity index (χ0) is 21.4. The third-order valence-corrected chi connectivity index (χ3v) is 6.39. The van der Waals surface area contributed by atoms with Gasteiger partial charge in [-0.3, -0.25) is 14.2 Å². The van der Waals surface area contributed by atoms with Crippen molar-refractivity contribution in [3.05, 3.63) is 65.0 Å². The Balaban J connectivity index is 1.75. The van der Waals surface area contributed by atoms with Crippen LogP contribution in [0.4, 0.5) is 0 Å². The third kappa shape index (κ3) is 3.29. The summed E-state index contributed by atoms with van der Waals surface area (Å²) in [4.78, 5) is 25.4. The van der Waals surface area contributed by atoms with Gasteiger partial charge in [-0.1, -0.05) is 53.7 Å². The number of carbonyl (C=O) groups excluding carboxylic acids is 1. The van der Waals surface area contributed by atoms with Gasteiger partial charge in [0.1, 0.15) is 15.9 Å². The zero-order valence-corrected chi connectivity index (χ0v) is 17.8. The minimum Gasteiger partial charge on any atom is -0.466 e. The summed E-state index contributed by atoms with van der Waals surface area (Å²) in [7, 11) is 0. The molecule has 5 rings (SSSR count). The van der Waals surface area contributed by atoms with Crippen molar-refractivity contribution in [1.82, 2.24) is 19.4 Å². The monoisotopic (exact) mass is 432 g/mol. The van der Waals surface area contributed by atoms with E-state index < -0.39 is 0 Å². The zero-order valence-electron chi connectivity index (χ0n) is 16.9. The third-order valence-electron chi connectivity index (χ3n) is 5.24. The van der Waals surface area contributed by atoms with Crippen molar-refractivity contribution in [1.29, 1.82) is 0 Å². The van der Waals surface area contributed by atoms with Gasteiger partial charge in [-0.2, -0.15) is 4.52 Å². The molecule has 0 saturated heterocycles. The molecule has 3 heterocycles. The van der Waals surface area contributed by atoms with E-state index in [-0.39, 0.29) is 17.9 Å². The van der Waals surface area contributed by atoms with Gasteiger partial charge in [0.05, 0.1) is 6.61 Å². The Morgan fingerprint density at radius 3 is 2.68 bits per heavy atom. The molecule has 0 spiro atoms. The molecule has 0 radical (unpaired) electrons. The van der Waals surface area contributed by atoms with Crippen molar-refractivity contribution in [3.63, 3.8) is 0 Å². The fourth-order valence-corrected chi connectivity index (χ4v) is 5.01. The lowest BCUT2D eigenvalue weighted by molar-refractivity contribution is -0.143. The van der Waals surface area contributed by atoms with Crippen LogP contribution in [0.1, 0.15) is 19.8 Å². The molecule has 0 saturated carbocycles. The smallest absolute Gasteiger partial charge is 0.305 e. The van der Waals surface area contributed by atoms with Crippen LogP contribution in [0.25, 0.3) is 37.2 Å². The van der Waals surface area contributed by atoms with Gasteiger partial charge in [0.25, 0.3) is 5.56 Å². The number of aryl methyl sites for hydroxylation is 1. The van der Waals surface area contributed by atoms with E-state index >= 15 is 0 Å². The van der Waals surface area contributed by atoms with E-state index in [9.17, 15) is 9.59 Å². The topological polar surface area (TPSA) is 78.5 Å². The van der Waals surface area contributed by atoms with Crippen molar-refractivity contribution in [3.8, 4) is 11.3 Å². The van der Waals surface area contributed by atoms with Crippen molar-refractivity contribution in [2.24, 2.45) is 0 Å². The van der Waals surface area contributed by atoms with Gasteiger partial charge in [-0.15, -0.1) is 16.4 Å². The second kappa shape index (κ2) is 7.96. The van der Waals surface area contributed by atoms with Crippen LogP contribution in [0.2, 0.25) is 0 Å². The fraction of sp³-hybridized carbons (Fsp3) is 0.217. The number of hydrogen-bond donors (Lipinski definition) is 0. The van der Waals surface area contributed by atoms with Gasteiger partial charge < -0.3 is 4.74 Å². The van der Waals surface area contributed by atoms with E-state index in [0.717, 1.165) is 21.2 Å². The summed E-state index contributed by atoms with van der Waals surface area (Å²) in [6, 6.07) is 17.6. The Labute approximate surface area is 181 Å². The quantitative estimate of drug-likeness (QED) is 0.375. The molecule has 0 fully saturated rings. The molecule has 156 valence electrons. The predicted octanol–water partition coefficient (Wildman–Crippen LogP) is 4.27. The van der Waals surface area contributed by atoms with Crippen molar-refractivity contribution < 1.29 is 9.53 Å². The highest BCUT2D eigenvalue weighted by molar-refractivity contribution is 7.25. The highest BCUT2D eigenvalue weighted by atomic mass is 32.1. The van der Waals surface area contributed by atoms with Crippen LogP contribution in [0, 0.1) is 0 Å². The Morgan fingerprint density at radius 1 is 1.10 bits per heavy atom. The van der Waals surface area contributed by atoms with Crippen molar-refractivity contribution in [2.75, 3.05) is 6.61 Å². The van der Waals surface area contributed by atoms with Crippen LogP contribution in [-0.4, -0.2) is 32.0 Å². The van der Waals surface area contributed by atoms with E-state index in [4.69, 9.17) is 4.74 Å². The second-order valence-corrected chi connectivity index (χ2v) is 8.23. The second-order valence-electron chi connectivity index (χ2n) is 7.18. The Morgan fingerprint density at radius 2 is 1.87 bits per heavy atom. The first kappa shape index (κ1) is 19.4. The maximum Gasteiger partial charge on any atom is 0.305 e. The fourth-order valence-electron chi connectivity index (χ4n) is 3.88. The normalized spacial score (nSPS) is 11.5. The maximum absolute atomic E-state index is 13.6. The number of hydrogen-bond acceptors (Lipinski definition) is 6. The molecule has 0 aliphatic rings. The first-order valence-corrected chi connectivity index (χ1v) is 11.0. The number of thiophene rings is 1. The molecular formula is C23H20N4O3S. The number of carbonyl (C=O) groups is 1. The van der Waals surface area contributed by atoms with Crippen LogP contribution in [-0.2, 0) is 16.1 Å². The van der Waals surface area contributed by atoms with E-state index in [0.29, 0.717) is 35.6 Å². The van der Waals surface area contributed by atoms with E-state index in [2.05, 4.69) is 10.3 Å². The van der Waals surface area contributed by atoms with E-state index in [1.807, 2.05) is 54.6 Å². The number of nitrogens with zero attached hydrogens (tertiary/aromatic N) is 4. The van der Waals surface area contributed by atoms with Crippen LogP contribution in [0.3, 0.4) is 0 Å². The molecule has 31 heavy (non-hydrogen) atoms. The first-order chi connectivity index (χ1) is 15.2. The molecule has 8 heteroatoms. The lowest BCUT2D eigenvalue weighted by Gasteiger charge is -2.10. The number of benzene rings is 2. The lowest BCUT2D eigenvalue weighted by Crippen LogP contribution is -2.23. The summed E-state index contributed by atoms with van der Waals surface area (Å²) in [6.45, 7) is 2.51. The van der Waals surface area contributed by atoms with E-state index in [1.54, 1.807) is 16.0 Å². The molecule has 7 nitrogen and oxygen atoms in total. The average Bonchev–Trinajstić information content (AvgIpc) is 3.39. The van der Waals surface area contributed by atoms with Crippen molar-refractivity contribution >= 4 is 43.3 Å². The summed E-state index contributed by atoms with van der Waals surface area (Å²) < 4.78 is 10.2. The van der Waals surface area contributed by atoms with Crippen LogP contribution < -0.4 is 5.56 Å². The van der Waals surface area contributed by atoms with Gasteiger partial charge in [0.2, 0.25) is 0 Å². The van der Waals surface area contributed by atoms with Gasteiger partial charge in [-0.05, 0) is 19.4 Å². The highest BCUT2D eigenvalue weighted by Gasteiger charge is 2.21. The molecule has 0 aliphatic heterocycles. The van der Waals surface area contributed by atoms with E-state index in [1.165, 1.54) is 11.3 Å². The Kier molecular flexibility index (Phi) is 4.99. The molecule has 0 atom stereocenters. The molecule has 0 unspecified atom stereocenters. The largest absolute Gasteiger partial charge is 0.466 e. The molecule has 5 aromatic rings. The number of esters is 1. The minimum absolute atomic E-state index is 0.0907. The van der Waals surface area contributed by atoms with Gasteiger partial charge in [0, 0.05) is 28.6 Å². The number of ether oxygens (including phenoxy) is 1. The molecule has 2 aromatic carbocycles. The van der Waals surface area contributed by atoms with Crippen LogP contribution in [0.5, 0.6) is 0 Å². The summed E-state index contributed by atoms with van der Waals surface area (Å²) >= 11 is 1.46. The Bertz CT molecular complexity index is 1470. The number of fused-ring (bicyclic) bond motifs is 5. The summed E-state index contributed by atoms with van der Waals surface area (Å²) in [6.07, 6.45) is 0.739. The molecule has 0 amide bonds. The maximum atomic E-state index is 13.6. The first-order valence-electron chi connectivity index (χ1n) is 10.2. The predicted molar refractivity (Wildman–Crippen MR) is 121 cm³/mol. The van der Waals surface area contributed by atoms with Crippen LogP contribution in [0.15, 0.2) is 59.4 Å². The standard InChI is InChI=1S/C23H20N4O3S/c1-2-30-18(28)13-8-14-26-22-19(15-9-4-3-5-10-15)24-25-27(22)20-16-11-6-7-12-17(16)31-21(20)23(26)29/h3-7,9-12H,2,8,13-14H2,1H3. The van der Waals surface area contributed by atoms with Gasteiger partial charge >= 0.3 is 5.97 Å². The highest BCUT2D eigenvalue weighted by Crippen LogP contribution is 2.33. The summed E-state index contributed by atoms with van der Waals surface area (Å²) in [5.41, 5.74) is 2.85. The molecular weight excluding hydrogens is 412 g/mol. The van der Waals surface area contributed by atoms with Gasteiger partial charge in [-0.25, -0.2) is 0 Å². The Hall–Kier alpha value is -3.52. The molecule has 0 N–H and O–H groups in total. The summed E-state index contributed by atoms with van der Waals surface area (Å²) in [5, 5.41) is 9.86. The molecule has 0 aliphatic carbocycles. The lowest BCUT2D eigenvalue weighted by atomic mass is 10.1. The summed E-state index contributed by atoms with van der Waals surface area (Å²) in [5.74, 6) is -0.260. The molecule has 0 bridgehead atoms. The SMILES string of the molecule is CCOC(=O)CCCn1c(=O)c2sc3ccccc3c2n2nnc(-c3ccccc3)c12.